The van der Waals surface area contributed by atoms with E-state index in [9.17, 15) is 9.18 Å². The van der Waals surface area contributed by atoms with Crippen molar-refractivity contribution in [1.82, 2.24) is 14.2 Å². The molecule has 192 valence electrons. The van der Waals surface area contributed by atoms with Crippen LogP contribution in [0.15, 0.2) is 66.7 Å². The Labute approximate surface area is 225 Å². The van der Waals surface area contributed by atoms with Crippen LogP contribution in [-0.2, 0) is 19.6 Å². The third-order valence-corrected chi connectivity index (χ3v) is 7.49. The summed E-state index contributed by atoms with van der Waals surface area (Å²) in [6.45, 7) is 4.78. The van der Waals surface area contributed by atoms with Crippen LogP contribution in [-0.4, -0.2) is 20.0 Å². The van der Waals surface area contributed by atoms with E-state index in [1.165, 1.54) is 6.07 Å². The maximum Gasteiger partial charge on any atom is 0.212 e. The van der Waals surface area contributed by atoms with E-state index >= 15 is 0 Å². The number of halogens is 2. The Bertz CT molecular complexity index is 1680. The summed E-state index contributed by atoms with van der Waals surface area (Å²) < 4.78 is 24.0. The summed E-state index contributed by atoms with van der Waals surface area (Å²) >= 11 is 6.22. The topological polar surface area (TPSA) is 48.5 Å². The molecule has 0 saturated heterocycles. The Hall–Kier alpha value is -3.90. The summed E-state index contributed by atoms with van der Waals surface area (Å²) in [5, 5.41) is 5.56. The number of carbonyl (C=O) groups is 1. The number of aromatic nitrogens is 3. The van der Waals surface area contributed by atoms with E-state index in [1.54, 1.807) is 22.7 Å². The highest BCUT2D eigenvalue weighted by Gasteiger charge is 2.31. The minimum absolute atomic E-state index is 0.0794. The summed E-state index contributed by atoms with van der Waals surface area (Å²) in [7, 11) is 0. The second-order valence-corrected chi connectivity index (χ2v) is 10.3. The SMILES string of the molecule is Cc1ccc(C)c(C(=O)c2c(-c3ccc(Cl)cc3)c3c4n(c(COc5ccccc5F)nn24)CCCC3)c1. The zero-order valence-corrected chi connectivity index (χ0v) is 22.1. The van der Waals surface area contributed by atoms with Gasteiger partial charge in [-0.05, 0) is 74.6 Å². The molecule has 0 aliphatic carbocycles. The maximum absolute atomic E-state index is 14.3. The molecule has 5 nitrogen and oxygen atoms in total. The first kappa shape index (κ1) is 24.4. The first-order chi connectivity index (χ1) is 18.4. The van der Waals surface area contributed by atoms with Crippen LogP contribution in [0, 0.1) is 19.7 Å². The number of ketones is 1. The molecule has 0 saturated carbocycles. The van der Waals surface area contributed by atoms with Crippen LogP contribution in [0.4, 0.5) is 4.39 Å². The van der Waals surface area contributed by atoms with E-state index < -0.39 is 5.82 Å². The Morgan fingerprint density at radius 1 is 1.05 bits per heavy atom. The standard InChI is InChI=1S/C31H27ClFN3O2/c1-19-10-11-20(2)24(17-19)30(37)29-28(21-12-14-22(32)15-13-21)23-7-5-6-16-35-27(34-36(29)31(23)35)18-38-26-9-4-3-8-25(26)33/h3-4,8-15,17H,5-7,16,18H2,1-2H3. The molecule has 5 aromatic rings. The largest absolute Gasteiger partial charge is 0.483 e. The first-order valence-electron chi connectivity index (χ1n) is 12.8. The molecule has 0 bridgehead atoms. The fourth-order valence-electron chi connectivity index (χ4n) is 5.36. The van der Waals surface area contributed by atoms with Gasteiger partial charge in [-0.25, -0.2) is 8.91 Å². The van der Waals surface area contributed by atoms with E-state index in [1.807, 2.05) is 56.3 Å². The van der Waals surface area contributed by atoms with Gasteiger partial charge in [0.25, 0.3) is 0 Å². The maximum atomic E-state index is 14.3. The molecule has 7 heteroatoms. The quantitative estimate of drug-likeness (QED) is 0.217. The number of hydrogen-bond acceptors (Lipinski definition) is 3. The predicted octanol–water partition coefficient (Wildman–Crippen LogP) is 7.36. The van der Waals surface area contributed by atoms with Crippen molar-refractivity contribution in [3.63, 3.8) is 0 Å². The summed E-state index contributed by atoms with van der Waals surface area (Å²) in [5.74, 6) is 0.335. The highest BCUT2D eigenvalue weighted by Crippen LogP contribution is 2.38. The van der Waals surface area contributed by atoms with Crippen LogP contribution in [0.25, 0.3) is 16.8 Å². The number of aryl methyl sites for hydroxylation is 4. The smallest absolute Gasteiger partial charge is 0.212 e. The molecule has 0 fully saturated rings. The molecular weight excluding hydrogens is 501 g/mol. The predicted molar refractivity (Wildman–Crippen MR) is 147 cm³/mol. The Kier molecular flexibility index (Phi) is 6.28. The number of para-hydroxylation sites is 1. The number of rotatable bonds is 6. The fraction of sp³-hybridized carbons (Fsp3) is 0.226. The summed E-state index contributed by atoms with van der Waals surface area (Å²) in [4.78, 5) is 14.3. The molecule has 0 amide bonds. The van der Waals surface area contributed by atoms with Gasteiger partial charge in [0, 0.05) is 28.3 Å². The van der Waals surface area contributed by atoms with Gasteiger partial charge in [0.2, 0.25) is 5.78 Å². The molecule has 2 aromatic heterocycles. The molecule has 1 aliphatic heterocycles. The second kappa shape index (κ2) is 9.76. The van der Waals surface area contributed by atoms with Crippen LogP contribution in [0.5, 0.6) is 5.75 Å². The van der Waals surface area contributed by atoms with Crippen LogP contribution in [0.2, 0.25) is 5.02 Å². The molecule has 1 aliphatic rings. The van der Waals surface area contributed by atoms with Crippen molar-refractivity contribution in [2.24, 2.45) is 0 Å². The van der Waals surface area contributed by atoms with Gasteiger partial charge >= 0.3 is 0 Å². The van der Waals surface area contributed by atoms with Crippen molar-refractivity contribution in [3.8, 4) is 16.9 Å². The first-order valence-corrected chi connectivity index (χ1v) is 13.2. The molecular formula is C31H27ClFN3O2. The Morgan fingerprint density at radius 3 is 2.63 bits per heavy atom. The lowest BCUT2D eigenvalue weighted by Crippen LogP contribution is -2.10. The van der Waals surface area contributed by atoms with Crippen molar-refractivity contribution in [2.75, 3.05) is 0 Å². The van der Waals surface area contributed by atoms with Gasteiger partial charge in [-0.1, -0.05) is 53.6 Å². The van der Waals surface area contributed by atoms with Crippen molar-refractivity contribution in [3.05, 3.63) is 111 Å². The third kappa shape index (κ3) is 4.19. The zero-order valence-electron chi connectivity index (χ0n) is 21.3. The summed E-state index contributed by atoms with van der Waals surface area (Å²) in [6.07, 6.45) is 2.77. The van der Waals surface area contributed by atoms with Crippen molar-refractivity contribution in [1.29, 1.82) is 0 Å². The Balaban J connectivity index is 1.57. The molecule has 3 aromatic carbocycles. The molecule has 3 heterocycles. The van der Waals surface area contributed by atoms with Crippen LogP contribution in [0.1, 0.15) is 51.4 Å². The molecule has 0 N–H and O–H groups in total. The fourth-order valence-corrected chi connectivity index (χ4v) is 5.49. The van der Waals surface area contributed by atoms with Crippen molar-refractivity contribution >= 4 is 23.0 Å². The lowest BCUT2D eigenvalue weighted by molar-refractivity contribution is 0.103. The van der Waals surface area contributed by atoms with E-state index in [-0.39, 0.29) is 18.1 Å². The molecule has 0 unspecified atom stereocenters. The zero-order chi connectivity index (χ0) is 26.4. The molecule has 0 atom stereocenters. The van der Waals surface area contributed by atoms with Gasteiger partial charge in [-0.2, -0.15) is 0 Å². The van der Waals surface area contributed by atoms with E-state index in [0.29, 0.717) is 22.1 Å². The minimum Gasteiger partial charge on any atom is -0.483 e. The average Bonchev–Trinajstić information content (AvgIpc) is 3.31. The highest BCUT2D eigenvalue weighted by atomic mass is 35.5. The average molecular weight is 528 g/mol. The van der Waals surface area contributed by atoms with Crippen molar-refractivity contribution < 1.29 is 13.9 Å². The van der Waals surface area contributed by atoms with Gasteiger partial charge in [0.05, 0.1) is 0 Å². The lowest BCUT2D eigenvalue weighted by Gasteiger charge is -2.11. The number of hydrogen-bond donors (Lipinski definition) is 0. The van der Waals surface area contributed by atoms with Gasteiger partial charge < -0.3 is 9.30 Å². The number of ether oxygens (including phenoxy) is 1. The van der Waals surface area contributed by atoms with Gasteiger partial charge in [-0.15, -0.1) is 5.10 Å². The van der Waals surface area contributed by atoms with Crippen molar-refractivity contribution in [2.45, 2.75) is 46.3 Å². The summed E-state index contributed by atoms with van der Waals surface area (Å²) in [5.41, 5.74) is 6.92. The molecule has 0 radical (unpaired) electrons. The van der Waals surface area contributed by atoms with E-state index in [2.05, 4.69) is 4.57 Å². The summed E-state index contributed by atoms with van der Waals surface area (Å²) in [6, 6.07) is 19.9. The second-order valence-electron chi connectivity index (χ2n) is 9.84. The third-order valence-electron chi connectivity index (χ3n) is 7.24. The van der Waals surface area contributed by atoms with Crippen LogP contribution < -0.4 is 4.74 Å². The van der Waals surface area contributed by atoms with Gasteiger partial charge in [0.15, 0.2) is 17.4 Å². The van der Waals surface area contributed by atoms with E-state index in [4.69, 9.17) is 21.4 Å². The monoisotopic (exact) mass is 527 g/mol. The number of benzene rings is 3. The van der Waals surface area contributed by atoms with Crippen LogP contribution in [0.3, 0.4) is 0 Å². The molecule has 0 spiro atoms. The number of nitrogens with zero attached hydrogens (tertiary/aromatic N) is 3. The lowest BCUT2D eigenvalue weighted by atomic mass is 9.93. The number of carbonyl (C=O) groups excluding carboxylic acids is 1. The van der Waals surface area contributed by atoms with Gasteiger partial charge in [-0.3, -0.25) is 4.79 Å². The molecule has 6 rings (SSSR count). The molecule has 38 heavy (non-hydrogen) atoms. The van der Waals surface area contributed by atoms with E-state index in [0.717, 1.165) is 59.3 Å². The van der Waals surface area contributed by atoms with Crippen LogP contribution >= 0.6 is 11.6 Å². The minimum atomic E-state index is -0.418. The normalized spacial score (nSPS) is 13.1. The Morgan fingerprint density at radius 2 is 1.84 bits per heavy atom. The van der Waals surface area contributed by atoms with Gasteiger partial charge in [0.1, 0.15) is 17.9 Å². The highest BCUT2D eigenvalue weighted by molar-refractivity contribution is 6.30.